The summed E-state index contributed by atoms with van der Waals surface area (Å²) in [4.78, 5) is 0.963. The molecule has 108 valence electrons. The molecule has 1 aromatic heterocycles. The Morgan fingerprint density at radius 3 is 2.70 bits per heavy atom. The molecule has 0 radical (unpaired) electrons. The van der Waals surface area contributed by atoms with Crippen molar-refractivity contribution < 1.29 is 9.13 Å². The van der Waals surface area contributed by atoms with Gasteiger partial charge >= 0.3 is 0 Å². The fourth-order valence-corrected chi connectivity index (χ4v) is 3.27. The standard InChI is InChI=1S/C14H14BrClFNOS/c1-2-11(18)14(12-5-6-13(16)20-12)19-8-3-4-10(17)9(15)7-8/h3-7,11,14H,2,18H2,1H3. The highest BCUT2D eigenvalue weighted by Crippen LogP contribution is 2.33. The molecule has 2 rings (SSSR count). The maximum atomic E-state index is 13.2. The van der Waals surface area contributed by atoms with E-state index in [1.54, 1.807) is 12.1 Å². The highest BCUT2D eigenvalue weighted by molar-refractivity contribution is 9.10. The van der Waals surface area contributed by atoms with Crippen LogP contribution in [0.4, 0.5) is 4.39 Å². The van der Waals surface area contributed by atoms with Crippen LogP contribution in [0.3, 0.4) is 0 Å². The Morgan fingerprint density at radius 1 is 1.40 bits per heavy atom. The summed E-state index contributed by atoms with van der Waals surface area (Å²) in [7, 11) is 0. The molecule has 0 aliphatic heterocycles. The van der Waals surface area contributed by atoms with Crippen LogP contribution >= 0.6 is 38.9 Å². The zero-order valence-corrected chi connectivity index (χ0v) is 13.9. The van der Waals surface area contributed by atoms with Gasteiger partial charge in [-0.2, -0.15) is 0 Å². The van der Waals surface area contributed by atoms with Crippen LogP contribution in [-0.4, -0.2) is 6.04 Å². The van der Waals surface area contributed by atoms with Gasteiger partial charge in [0.05, 0.1) is 8.81 Å². The highest BCUT2D eigenvalue weighted by Gasteiger charge is 2.22. The quantitative estimate of drug-likeness (QED) is 0.780. The second-order valence-corrected chi connectivity index (χ2v) is 6.93. The molecule has 0 saturated carbocycles. The van der Waals surface area contributed by atoms with Crippen LogP contribution in [0.5, 0.6) is 5.75 Å². The molecule has 2 atom stereocenters. The molecular formula is C14H14BrClFNOS. The fourth-order valence-electron chi connectivity index (χ4n) is 1.75. The normalized spacial score (nSPS) is 14.1. The molecular weight excluding hydrogens is 365 g/mol. The molecule has 6 heteroatoms. The lowest BCUT2D eigenvalue weighted by atomic mass is 10.1. The maximum Gasteiger partial charge on any atom is 0.148 e. The van der Waals surface area contributed by atoms with E-state index in [9.17, 15) is 4.39 Å². The smallest absolute Gasteiger partial charge is 0.148 e. The van der Waals surface area contributed by atoms with Gasteiger partial charge in [-0.05, 0) is 52.7 Å². The third kappa shape index (κ3) is 3.73. The first-order chi connectivity index (χ1) is 9.51. The van der Waals surface area contributed by atoms with E-state index < -0.39 is 0 Å². The number of hydrogen-bond acceptors (Lipinski definition) is 3. The second kappa shape index (κ2) is 6.89. The van der Waals surface area contributed by atoms with Crippen molar-refractivity contribution in [2.75, 3.05) is 0 Å². The van der Waals surface area contributed by atoms with Gasteiger partial charge in [0.25, 0.3) is 0 Å². The van der Waals surface area contributed by atoms with E-state index in [0.717, 1.165) is 11.3 Å². The number of rotatable bonds is 5. The number of benzene rings is 1. The van der Waals surface area contributed by atoms with Gasteiger partial charge in [0.1, 0.15) is 17.7 Å². The Balaban J connectivity index is 2.25. The van der Waals surface area contributed by atoms with Crippen molar-refractivity contribution >= 4 is 38.9 Å². The summed E-state index contributed by atoms with van der Waals surface area (Å²) in [5, 5.41) is 0. The lowest BCUT2D eigenvalue weighted by Gasteiger charge is -2.23. The molecule has 0 aliphatic carbocycles. The Bertz CT molecular complexity index is 592. The maximum absolute atomic E-state index is 13.2. The Kier molecular flexibility index (Phi) is 5.43. The zero-order chi connectivity index (χ0) is 14.7. The molecule has 0 fully saturated rings. The van der Waals surface area contributed by atoms with Gasteiger partial charge in [0.15, 0.2) is 0 Å². The topological polar surface area (TPSA) is 35.2 Å². The summed E-state index contributed by atoms with van der Waals surface area (Å²) >= 11 is 10.6. The van der Waals surface area contributed by atoms with Crippen molar-refractivity contribution in [1.82, 2.24) is 0 Å². The number of ether oxygens (including phenoxy) is 1. The van der Waals surface area contributed by atoms with Gasteiger partial charge in [-0.15, -0.1) is 11.3 Å². The van der Waals surface area contributed by atoms with E-state index in [4.69, 9.17) is 22.1 Å². The molecule has 0 spiro atoms. The summed E-state index contributed by atoms with van der Waals surface area (Å²) in [6, 6.07) is 8.11. The van der Waals surface area contributed by atoms with E-state index in [-0.39, 0.29) is 18.0 Å². The first-order valence-corrected chi connectivity index (χ1v) is 8.12. The van der Waals surface area contributed by atoms with Crippen molar-refractivity contribution in [3.63, 3.8) is 0 Å². The number of hydrogen-bond donors (Lipinski definition) is 1. The molecule has 0 saturated heterocycles. The minimum atomic E-state index is -0.326. The van der Waals surface area contributed by atoms with Crippen molar-refractivity contribution in [2.24, 2.45) is 5.73 Å². The number of halogens is 3. The summed E-state index contributed by atoms with van der Waals surface area (Å²) in [6.07, 6.45) is 0.470. The van der Waals surface area contributed by atoms with Crippen molar-refractivity contribution in [2.45, 2.75) is 25.5 Å². The minimum Gasteiger partial charge on any atom is -0.483 e. The average molecular weight is 379 g/mol. The van der Waals surface area contributed by atoms with Crippen LogP contribution in [0.1, 0.15) is 24.3 Å². The van der Waals surface area contributed by atoms with E-state index in [1.165, 1.54) is 17.4 Å². The van der Waals surface area contributed by atoms with E-state index in [2.05, 4.69) is 15.9 Å². The van der Waals surface area contributed by atoms with Gasteiger partial charge < -0.3 is 10.5 Å². The van der Waals surface area contributed by atoms with Crippen molar-refractivity contribution in [1.29, 1.82) is 0 Å². The lowest BCUT2D eigenvalue weighted by Crippen LogP contribution is -2.30. The molecule has 20 heavy (non-hydrogen) atoms. The molecule has 2 nitrogen and oxygen atoms in total. The predicted octanol–water partition coefficient (Wildman–Crippen LogP) is 5.16. The Hall–Kier alpha value is -0.620. The molecule has 2 N–H and O–H groups in total. The van der Waals surface area contributed by atoms with Crippen LogP contribution in [0, 0.1) is 5.82 Å². The lowest BCUT2D eigenvalue weighted by molar-refractivity contribution is 0.174. The fraction of sp³-hybridized carbons (Fsp3) is 0.286. The summed E-state index contributed by atoms with van der Waals surface area (Å²) in [5.74, 6) is 0.240. The van der Waals surface area contributed by atoms with Gasteiger partial charge in [0, 0.05) is 10.9 Å². The summed E-state index contributed by atoms with van der Waals surface area (Å²) in [6.45, 7) is 2.00. The third-order valence-electron chi connectivity index (χ3n) is 2.89. The first-order valence-electron chi connectivity index (χ1n) is 6.13. The van der Waals surface area contributed by atoms with Crippen LogP contribution in [0.15, 0.2) is 34.8 Å². The van der Waals surface area contributed by atoms with E-state index >= 15 is 0 Å². The van der Waals surface area contributed by atoms with Crippen LogP contribution in [0.25, 0.3) is 0 Å². The predicted molar refractivity (Wildman–Crippen MR) is 85.1 cm³/mol. The monoisotopic (exact) mass is 377 g/mol. The average Bonchev–Trinajstić information content (AvgIpc) is 2.85. The van der Waals surface area contributed by atoms with E-state index in [1.807, 2.05) is 19.1 Å². The zero-order valence-electron chi connectivity index (χ0n) is 10.8. The minimum absolute atomic E-state index is 0.159. The molecule has 0 aliphatic rings. The molecule has 1 aromatic carbocycles. The molecule has 0 amide bonds. The number of nitrogens with two attached hydrogens (primary N) is 1. The van der Waals surface area contributed by atoms with Gasteiger partial charge in [-0.1, -0.05) is 18.5 Å². The highest BCUT2D eigenvalue weighted by atomic mass is 79.9. The second-order valence-electron chi connectivity index (χ2n) is 4.33. The largest absolute Gasteiger partial charge is 0.483 e. The molecule has 2 aromatic rings. The van der Waals surface area contributed by atoms with Crippen molar-refractivity contribution in [3.8, 4) is 5.75 Å². The van der Waals surface area contributed by atoms with Crippen molar-refractivity contribution in [3.05, 3.63) is 49.8 Å². The van der Waals surface area contributed by atoms with Crippen LogP contribution in [0.2, 0.25) is 4.34 Å². The number of thiophene rings is 1. The molecule has 1 heterocycles. The molecule has 2 unspecified atom stereocenters. The van der Waals surface area contributed by atoms with Crippen LogP contribution in [-0.2, 0) is 0 Å². The van der Waals surface area contributed by atoms with Gasteiger partial charge in [0.2, 0.25) is 0 Å². The SMILES string of the molecule is CCC(N)C(Oc1ccc(F)c(Br)c1)c1ccc(Cl)s1. The van der Waals surface area contributed by atoms with Gasteiger partial charge in [-0.3, -0.25) is 0 Å². The first kappa shape index (κ1) is 15.8. The Morgan fingerprint density at radius 2 is 2.15 bits per heavy atom. The van der Waals surface area contributed by atoms with Gasteiger partial charge in [-0.25, -0.2) is 4.39 Å². The van der Waals surface area contributed by atoms with E-state index in [0.29, 0.717) is 14.6 Å². The van der Waals surface area contributed by atoms with Crippen LogP contribution < -0.4 is 10.5 Å². The summed E-state index contributed by atoms with van der Waals surface area (Å²) < 4.78 is 20.2. The third-order valence-corrected chi connectivity index (χ3v) is 4.79. The molecule has 0 bridgehead atoms. The summed E-state index contributed by atoms with van der Waals surface area (Å²) in [5.41, 5.74) is 6.13. The Labute approximate surface area is 134 Å².